The van der Waals surface area contributed by atoms with Crippen LogP contribution < -0.4 is 19.1 Å². The molecule has 1 amide bonds. The van der Waals surface area contributed by atoms with Gasteiger partial charge in [0.15, 0.2) is 11.5 Å². The Bertz CT molecular complexity index is 914. The van der Waals surface area contributed by atoms with Gasteiger partial charge in [-0.1, -0.05) is 11.6 Å². The molecule has 0 unspecified atom stereocenters. The summed E-state index contributed by atoms with van der Waals surface area (Å²) in [6.45, 7) is 3.29. The van der Waals surface area contributed by atoms with Crippen molar-refractivity contribution in [3.8, 4) is 17.2 Å². The molecule has 2 aliphatic heterocycles. The predicted molar refractivity (Wildman–Crippen MR) is 113 cm³/mol. The van der Waals surface area contributed by atoms with E-state index < -0.39 is 0 Å². The molecule has 2 aliphatic rings. The highest BCUT2D eigenvalue weighted by Crippen LogP contribution is 2.40. The van der Waals surface area contributed by atoms with Gasteiger partial charge in [0.2, 0.25) is 12.7 Å². The summed E-state index contributed by atoms with van der Waals surface area (Å²) in [6.07, 6.45) is 4.28. The molecule has 2 aromatic rings. The molecular weight excluding hydrogens is 392 g/mol. The molecule has 0 N–H and O–H groups in total. The van der Waals surface area contributed by atoms with Crippen molar-refractivity contribution < 1.29 is 19.0 Å². The van der Waals surface area contributed by atoms with Crippen molar-refractivity contribution in [2.45, 2.75) is 6.42 Å². The number of hydrogen-bond donors (Lipinski definition) is 0. The predicted octanol–water partition coefficient (Wildman–Crippen LogP) is 3.83. The summed E-state index contributed by atoms with van der Waals surface area (Å²) in [5.41, 5.74) is 1.95. The number of rotatable bonds is 4. The lowest BCUT2D eigenvalue weighted by molar-refractivity contribution is -0.125. The Hall–Kier alpha value is -2.86. The molecule has 0 bridgehead atoms. The Morgan fingerprint density at radius 1 is 1.10 bits per heavy atom. The zero-order valence-corrected chi connectivity index (χ0v) is 17.0. The first-order valence-corrected chi connectivity index (χ1v) is 9.97. The first-order valence-electron chi connectivity index (χ1n) is 9.59. The minimum atomic E-state index is -0.00429. The van der Waals surface area contributed by atoms with E-state index in [2.05, 4.69) is 17.0 Å². The topological polar surface area (TPSA) is 51.2 Å². The lowest BCUT2D eigenvalue weighted by Gasteiger charge is -2.23. The third kappa shape index (κ3) is 4.43. The summed E-state index contributed by atoms with van der Waals surface area (Å²) in [5.74, 6) is 2.00. The standard InChI is InChI=1S/C22H23ClN2O4/c1-27-18-6-4-17(5-7-18)24-9-2-10-25(12-11-24)21(26)8-3-16-13-19(23)22-20(14-16)28-15-29-22/h3-8,13-14H,2,9-12,15H2,1H3/b8-3+. The van der Waals surface area contributed by atoms with E-state index in [0.29, 0.717) is 23.1 Å². The number of fused-ring (bicyclic) bond motifs is 1. The van der Waals surface area contributed by atoms with Crippen molar-refractivity contribution in [3.63, 3.8) is 0 Å². The minimum Gasteiger partial charge on any atom is -0.497 e. The number of nitrogens with zero attached hydrogens (tertiary/aromatic N) is 2. The molecule has 1 fully saturated rings. The van der Waals surface area contributed by atoms with Gasteiger partial charge < -0.3 is 24.0 Å². The maximum Gasteiger partial charge on any atom is 0.246 e. The van der Waals surface area contributed by atoms with Gasteiger partial charge in [-0.3, -0.25) is 4.79 Å². The third-order valence-electron chi connectivity index (χ3n) is 5.11. The summed E-state index contributed by atoms with van der Waals surface area (Å²) in [4.78, 5) is 16.9. The van der Waals surface area contributed by atoms with Crippen molar-refractivity contribution >= 4 is 29.3 Å². The largest absolute Gasteiger partial charge is 0.497 e. The van der Waals surface area contributed by atoms with E-state index in [9.17, 15) is 4.79 Å². The second-order valence-electron chi connectivity index (χ2n) is 6.93. The van der Waals surface area contributed by atoms with Gasteiger partial charge in [0, 0.05) is 37.9 Å². The van der Waals surface area contributed by atoms with E-state index >= 15 is 0 Å². The first kappa shape index (κ1) is 19.5. The lowest BCUT2D eigenvalue weighted by Crippen LogP contribution is -2.34. The highest BCUT2D eigenvalue weighted by Gasteiger charge is 2.19. The number of carbonyl (C=O) groups excluding carboxylic acids is 1. The van der Waals surface area contributed by atoms with E-state index in [1.807, 2.05) is 23.1 Å². The van der Waals surface area contributed by atoms with Crippen molar-refractivity contribution in [1.29, 1.82) is 0 Å². The molecule has 2 aromatic carbocycles. The number of benzene rings is 2. The van der Waals surface area contributed by atoms with Gasteiger partial charge in [-0.05, 0) is 54.5 Å². The molecular formula is C22H23ClN2O4. The van der Waals surface area contributed by atoms with Crippen LogP contribution in [0.2, 0.25) is 5.02 Å². The average molecular weight is 415 g/mol. The molecule has 2 heterocycles. The van der Waals surface area contributed by atoms with Crippen molar-refractivity contribution in [2.24, 2.45) is 0 Å². The van der Waals surface area contributed by atoms with Crippen LogP contribution in [0.4, 0.5) is 5.69 Å². The fraction of sp³-hybridized carbons (Fsp3) is 0.318. The maximum absolute atomic E-state index is 12.7. The van der Waals surface area contributed by atoms with Crippen LogP contribution in [-0.2, 0) is 4.79 Å². The number of hydrogen-bond acceptors (Lipinski definition) is 5. The zero-order valence-electron chi connectivity index (χ0n) is 16.3. The van der Waals surface area contributed by atoms with Crippen LogP contribution in [0.25, 0.3) is 6.08 Å². The molecule has 7 heteroatoms. The highest BCUT2D eigenvalue weighted by molar-refractivity contribution is 6.32. The van der Waals surface area contributed by atoms with Gasteiger partial charge in [-0.15, -0.1) is 0 Å². The normalized spacial score (nSPS) is 16.2. The van der Waals surface area contributed by atoms with Crippen LogP contribution in [0, 0.1) is 0 Å². The number of anilines is 1. The Kier molecular flexibility index (Phi) is 5.81. The number of halogens is 1. The molecule has 0 aliphatic carbocycles. The minimum absolute atomic E-state index is 0.00429. The molecule has 0 atom stereocenters. The van der Waals surface area contributed by atoms with Crippen molar-refractivity contribution in [1.82, 2.24) is 4.90 Å². The molecule has 1 saturated heterocycles. The lowest BCUT2D eigenvalue weighted by atomic mass is 10.2. The zero-order chi connectivity index (χ0) is 20.2. The van der Waals surface area contributed by atoms with Gasteiger partial charge in [0.05, 0.1) is 12.1 Å². The molecule has 0 radical (unpaired) electrons. The van der Waals surface area contributed by atoms with Crippen LogP contribution in [-0.4, -0.2) is 50.9 Å². The number of methoxy groups -OCH3 is 1. The van der Waals surface area contributed by atoms with Crippen LogP contribution >= 0.6 is 11.6 Å². The maximum atomic E-state index is 12.7. The van der Waals surface area contributed by atoms with Gasteiger partial charge >= 0.3 is 0 Å². The summed E-state index contributed by atoms with van der Waals surface area (Å²) in [5, 5.41) is 0.483. The molecule has 6 nitrogen and oxygen atoms in total. The molecule has 29 heavy (non-hydrogen) atoms. The van der Waals surface area contributed by atoms with E-state index in [4.69, 9.17) is 25.8 Å². The summed E-state index contributed by atoms with van der Waals surface area (Å²) >= 11 is 6.21. The van der Waals surface area contributed by atoms with E-state index in [0.717, 1.165) is 43.1 Å². The SMILES string of the molecule is COc1ccc(N2CCCN(C(=O)/C=C/c3cc(Cl)c4c(c3)OCO4)CC2)cc1. The van der Waals surface area contributed by atoms with Gasteiger partial charge in [-0.2, -0.15) is 0 Å². The monoisotopic (exact) mass is 414 g/mol. The third-order valence-corrected chi connectivity index (χ3v) is 5.39. The molecule has 152 valence electrons. The van der Waals surface area contributed by atoms with Crippen LogP contribution in [0.1, 0.15) is 12.0 Å². The Morgan fingerprint density at radius 2 is 1.93 bits per heavy atom. The second kappa shape index (κ2) is 8.66. The summed E-state index contributed by atoms with van der Waals surface area (Å²) in [7, 11) is 1.66. The Morgan fingerprint density at radius 3 is 2.72 bits per heavy atom. The van der Waals surface area contributed by atoms with Crippen molar-refractivity contribution in [2.75, 3.05) is 45.0 Å². The number of amides is 1. The van der Waals surface area contributed by atoms with Gasteiger partial charge in [0.25, 0.3) is 0 Å². The molecule has 0 spiro atoms. The van der Waals surface area contributed by atoms with Crippen LogP contribution in [0.15, 0.2) is 42.5 Å². The van der Waals surface area contributed by atoms with Crippen LogP contribution in [0.5, 0.6) is 17.2 Å². The Labute approximate surface area is 175 Å². The second-order valence-corrected chi connectivity index (χ2v) is 7.34. The molecule has 0 aromatic heterocycles. The van der Waals surface area contributed by atoms with Crippen molar-refractivity contribution in [3.05, 3.63) is 53.1 Å². The molecule has 0 saturated carbocycles. The fourth-order valence-corrected chi connectivity index (χ4v) is 3.82. The van der Waals surface area contributed by atoms with E-state index in [1.54, 1.807) is 25.3 Å². The van der Waals surface area contributed by atoms with Gasteiger partial charge in [-0.25, -0.2) is 0 Å². The van der Waals surface area contributed by atoms with Crippen LogP contribution in [0.3, 0.4) is 0 Å². The highest BCUT2D eigenvalue weighted by atomic mass is 35.5. The summed E-state index contributed by atoms with van der Waals surface area (Å²) < 4.78 is 15.9. The number of ether oxygens (including phenoxy) is 3. The number of carbonyl (C=O) groups is 1. The quantitative estimate of drug-likeness (QED) is 0.712. The molecule has 4 rings (SSSR count). The van der Waals surface area contributed by atoms with E-state index in [1.165, 1.54) is 0 Å². The van der Waals surface area contributed by atoms with E-state index in [-0.39, 0.29) is 12.7 Å². The Balaban J connectivity index is 1.38. The van der Waals surface area contributed by atoms with Gasteiger partial charge in [0.1, 0.15) is 5.75 Å². The smallest absolute Gasteiger partial charge is 0.246 e. The summed E-state index contributed by atoms with van der Waals surface area (Å²) in [6, 6.07) is 11.6. The first-order chi connectivity index (χ1) is 14.1. The fourth-order valence-electron chi connectivity index (χ4n) is 3.55. The average Bonchev–Trinajstić information content (AvgIpc) is 3.08.